The maximum Gasteiger partial charge on any atom is 0.416 e. The van der Waals surface area contributed by atoms with Crippen molar-refractivity contribution in [1.29, 1.82) is 0 Å². The third kappa shape index (κ3) is 7.04. The van der Waals surface area contributed by atoms with Crippen molar-refractivity contribution in [2.45, 2.75) is 42.3 Å². The Balaban J connectivity index is 2.37. The van der Waals surface area contributed by atoms with E-state index in [9.17, 15) is 31.2 Å². The average Bonchev–Trinajstić information content (AvgIpc) is 2.63. The second-order valence-electron chi connectivity index (χ2n) is 7.62. The van der Waals surface area contributed by atoms with Gasteiger partial charge in [-0.2, -0.15) is 13.2 Å². The highest BCUT2D eigenvalue weighted by Gasteiger charge is 2.33. The molecule has 0 aliphatic heterocycles. The summed E-state index contributed by atoms with van der Waals surface area (Å²) in [7, 11) is -4.41. The van der Waals surface area contributed by atoms with Crippen LogP contribution in [0.15, 0.2) is 55.1 Å². The minimum atomic E-state index is -4.75. The van der Waals surface area contributed by atoms with E-state index in [1.165, 1.54) is 6.07 Å². The molecule has 0 heterocycles. The summed E-state index contributed by atoms with van der Waals surface area (Å²) in [6, 6.07) is 5.80. The lowest BCUT2D eigenvalue weighted by atomic mass is 10.2. The van der Waals surface area contributed by atoms with E-state index in [4.69, 9.17) is 4.74 Å². The molecule has 0 aliphatic rings. The Morgan fingerprint density at radius 1 is 0.938 bits per heavy atom. The Morgan fingerprint density at radius 2 is 1.47 bits per heavy atom. The van der Waals surface area contributed by atoms with E-state index in [2.05, 4.69) is 37.2 Å². The van der Waals surface area contributed by atoms with E-state index in [0.29, 0.717) is 6.07 Å². The zero-order valence-corrected chi connectivity index (χ0v) is 21.0. The summed E-state index contributed by atoms with van der Waals surface area (Å²) < 4.78 is 70.5. The molecule has 0 aliphatic carbocycles. The minimum absolute atomic E-state index is 0.0729. The molecular weight excluding hydrogens is 583 g/mol. The number of amides is 1. The Bertz CT molecular complexity index is 1160. The molecule has 6 nitrogen and oxygen atoms in total. The standard InChI is InChI=1S/C20H18Br2F3NO5S/c1-19(2,3)31-17(27)10-26-18(28)11-4-13(21)8-15(5-11)32(29,30)16-7-12(20(23,24)25)6-14(22)9-16/h4-9H,10H2,1-3H3,(H,26,28). The van der Waals surface area contributed by atoms with Gasteiger partial charge in [-0.15, -0.1) is 0 Å². The Hall–Kier alpha value is -1.92. The van der Waals surface area contributed by atoms with Gasteiger partial charge < -0.3 is 10.1 Å². The maximum atomic E-state index is 13.1. The number of benzene rings is 2. The fourth-order valence-corrected chi connectivity index (χ4v) is 5.19. The zero-order chi connectivity index (χ0) is 24.5. The van der Waals surface area contributed by atoms with Crippen LogP contribution in [0.3, 0.4) is 0 Å². The first-order valence-electron chi connectivity index (χ1n) is 8.92. The molecule has 12 heteroatoms. The maximum absolute atomic E-state index is 13.1. The fourth-order valence-electron chi connectivity index (χ4n) is 2.50. The van der Waals surface area contributed by atoms with Crippen LogP contribution in [0.4, 0.5) is 13.2 Å². The summed E-state index contributed by atoms with van der Waals surface area (Å²) in [6.45, 7) is 4.52. The molecule has 0 unspecified atom stereocenters. The molecule has 0 saturated heterocycles. The minimum Gasteiger partial charge on any atom is -0.459 e. The molecule has 1 amide bonds. The van der Waals surface area contributed by atoms with E-state index in [1.807, 2.05) is 0 Å². The van der Waals surface area contributed by atoms with E-state index in [1.54, 1.807) is 20.8 Å². The third-order valence-electron chi connectivity index (χ3n) is 3.77. The number of carbonyl (C=O) groups is 2. The summed E-state index contributed by atoms with van der Waals surface area (Å²) in [5.74, 6) is -1.46. The summed E-state index contributed by atoms with van der Waals surface area (Å²) in [5.41, 5.74) is -2.01. The van der Waals surface area contributed by atoms with E-state index in [-0.39, 0.29) is 14.5 Å². The number of hydrogen-bond donors (Lipinski definition) is 1. The number of carbonyl (C=O) groups excluding carboxylic acids is 2. The summed E-state index contributed by atoms with van der Waals surface area (Å²) in [5, 5.41) is 2.32. The monoisotopic (exact) mass is 599 g/mol. The Morgan fingerprint density at radius 3 is 2.00 bits per heavy atom. The van der Waals surface area contributed by atoms with Crippen molar-refractivity contribution in [1.82, 2.24) is 5.32 Å². The van der Waals surface area contributed by atoms with Crippen LogP contribution in [-0.2, 0) is 25.5 Å². The number of hydrogen-bond acceptors (Lipinski definition) is 5. The van der Waals surface area contributed by atoms with E-state index >= 15 is 0 Å². The van der Waals surface area contributed by atoms with Gasteiger partial charge in [0, 0.05) is 14.5 Å². The van der Waals surface area contributed by atoms with Crippen molar-refractivity contribution in [2.75, 3.05) is 6.54 Å². The van der Waals surface area contributed by atoms with Crippen LogP contribution in [0.2, 0.25) is 0 Å². The van der Waals surface area contributed by atoms with Gasteiger partial charge in [-0.3, -0.25) is 9.59 Å². The highest BCUT2D eigenvalue weighted by Crippen LogP contribution is 2.35. The lowest BCUT2D eigenvalue weighted by molar-refractivity contribution is -0.153. The quantitative estimate of drug-likeness (QED) is 0.480. The molecular formula is C20H18Br2F3NO5S. The zero-order valence-electron chi connectivity index (χ0n) is 17.0. The number of alkyl halides is 3. The number of esters is 1. The molecule has 0 spiro atoms. The lowest BCUT2D eigenvalue weighted by Crippen LogP contribution is -2.34. The van der Waals surface area contributed by atoms with Crippen LogP contribution in [0.5, 0.6) is 0 Å². The number of ether oxygens (including phenoxy) is 1. The van der Waals surface area contributed by atoms with Crippen LogP contribution in [-0.4, -0.2) is 32.4 Å². The first kappa shape index (κ1) is 26.3. The van der Waals surface area contributed by atoms with Crippen molar-refractivity contribution in [2.24, 2.45) is 0 Å². The number of halogens is 5. The highest BCUT2D eigenvalue weighted by molar-refractivity contribution is 9.10. The van der Waals surface area contributed by atoms with Gasteiger partial charge in [0.15, 0.2) is 0 Å². The molecule has 0 fully saturated rings. The van der Waals surface area contributed by atoms with Crippen molar-refractivity contribution in [3.63, 3.8) is 0 Å². The van der Waals surface area contributed by atoms with Crippen molar-refractivity contribution >= 4 is 53.6 Å². The SMILES string of the molecule is CC(C)(C)OC(=O)CNC(=O)c1cc(Br)cc(S(=O)(=O)c2cc(Br)cc(C(F)(F)F)c2)c1. The molecule has 2 aromatic rings. The van der Waals surface area contributed by atoms with Gasteiger partial charge >= 0.3 is 12.1 Å². The molecule has 0 radical (unpaired) electrons. The molecule has 0 saturated carbocycles. The molecule has 0 bridgehead atoms. The topological polar surface area (TPSA) is 89.5 Å². The number of rotatable bonds is 5. The van der Waals surface area contributed by atoms with Crippen LogP contribution in [0.25, 0.3) is 0 Å². The summed E-state index contributed by atoms with van der Waals surface area (Å²) in [4.78, 5) is 23.2. The first-order valence-corrected chi connectivity index (χ1v) is 12.0. The van der Waals surface area contributed by atoms with Gasteiger partial charge in [0.25, 0.3) is 5.91 Å². The van der Waals surface area contributed by atoms with Gasteiger partial charge in [-0.1, -0.05) is 31.9 Å². The Kier molecular flexibility index (Phi) is 7.83. The largest absolute Gasteiger partial charge is 0.459 e. The average molecular weight is 601 g/mol. The Labute approximate surface area is 199 Å². The predicted octanol–water partition coefficient (Wildman–Crippen LogP) is 5.13. The van der Waals surface area contributed by atoms with Crippen molar-refractivity contribution in [3.8, 4) is 0 Å². The molecule has 0 atom stereocenters. The van der Waals surface area contributed by atoms with Crippen LogP contribution in [0, 0.1) is 0 Å². The normalized spacial score (nSPS) is 12.4. The van der Waals surface area contributed by atoms with E-state index in [0.717, 1.165) is 24.3 Å². The van der Waals surface area contributed by atoms with Gasteiger partial charge in [-0.05, 0) is 57.2 Å². The molecule has 2 rings (SSSR count). The lowest BCUT2D eigenvalue weighted by Gasteiger charge is -2.19. The molecule has 2 aromatic carbocycles. The first-order chi connectivity index (χ1) is 14.5. The fraction of sp³-hybridized carbons (Fsp3) is 0.300. The number of nitrogens with one attached hydrogen (secondary N) is 1. The van der Waals surface area contributed by atoms with Gasteiger partial charge in [-0.25, -0.2) is 8.42 Å². The number of sulfone groups is 1. The second kappa shape index (κ2) is 9.52. The molecule has 32 heavy (non-hydrogen) atoms. The van der Waals surface area contributed by atoms with Crippen LogP contribution in [0.1, 0.15) is 36.7 Å². The predicted molar refractivity (Wildman–Crippen MR) is 117 cm³/mol. The van der Waals surface area contributed by atoms with E-state index < -0.39 is 55.4 Å². The van der Waals surface area contributed by atoms with Crippen molar-refractivity contribution < 1.29 is 35.9 Å². The molecule has 1 N–H and O–H groups in total. The summed E-state index contributed by atoms with van der Waals surface area (Å²) >= 11 is 6.00. The smallest absolute Gasteiger partial charge is 0.416 e. The van der Waals surface area contributed by atoms with Gasteiger partial charge in [0.05, 0.1) is 15.4 Å². The third-order valence-corrected chi connectivity index (χ3v) is 6.39. The van der Waals surface area contributed by atoms with Crippen LogP contribution < -0.4 is 5.32 Å². The van der Waals surface area contributed by atoms with Crippen molar-refractivity contribution in [3.05, 3.63) is 56.5 Å². The van der Waals surface area contributed by atoms with Gasteiger partial charge in [0.2, 0.25) is 9.84 Å². The van der Waals surface area contributed by atoms with Crippen LogP contribution >= 0.6 is 31.9 Å². The molecule has 0 aromatic heterocycles. The summed E-state index contributed by atoms with van der Waals surface area (Å²) in [6.07, 6.45) is -4.75. The molecule has 174 valence electrons. The highest BCUT2D eigenvalue weighted by atomic mass is 79.9. The van der Waals surface area contributed by atoms with Gasteiger partial charge in [0.1, 0.15) is 12.1 Å². The second-order valence-corrected chi connectivity index (χ2v) is 11.4.